The standard InChI is InChI=1S/C24H31Cl2N5O4/c25-15-9-16(26)11-17(10-15)28-21(32)12-20-24(35)29-18-3-1-2-4-19(18)31(20)13-22(33)30-7-5-14(6-8-30)23(27)34/h9-11,14,18-20H,1-8,12-13H2,(H2,27,34)(H,28,32)(H,29,35)/t18-,19+,20-/m1/s1. The van der Waals surface area contributed by atoms with Crippen LogP contribution in [-0.2, 0) is 19.2 Å². The van der Waals surface area contributed by atoms with Gasteiger partial charge < -0.3 is 21.3 Å². The van der Waals surface area contributed by atoms with E-state index in [1.807, 2.05) is 4.90 Å². The zero-order valence-corrected chi connectivity index (χ0v) is 21.0. The second-order valence-electron chi connectivity index (χ2n) is 9.62. The van der Waals surface area contributed by atoms with Crippen LogP contribution in [0.15, 0.2) is 18.2 Å². The summed E-state index contributed by atoms with van der Waals surface area (Å²) in [7, 11) is 0. The number of hydrogen-bond donors (Lipinski definition) is 3. The van der Waals surface area contributed by atoms with Crippen LogP contribution in [0.25, 0.3) is 0 Å². The first-order valence-electron chi connectivity index (χ1n) is 12.1. The van der Waals surface area contributed by atoms with Crippen molar-refractivity contribution >= 4 is 52.5 Å². The van der Waals surface area contributed by atoms with Crippen LogP contribution in [0.4, 0.5) is 5.69 Å². The first-order valence-corrected chi connectivity index (χ1v) is 12.9. The molecule has 4 rings (SSSR count). The SMILES string of the molecule is NC(=O)C1CCN(C(=O)CN2[C@H](CC(=O)Nc3cc(Cl)cc(Cl)c3)C(=O)N[C@@H]3CCCC[C@@H]32)CC1. The highest BCUT2D eigenvalue weighted by atomic mass is 35.5. The van der Waals surface area contributed by atoms with E-state index in [-0.39, 0.29) is 54.6 Å². The number of likely N-dealkylation sites (tertiary alicyclic amines) is 1. The molecule has 4 N–H and O–H groups in total. The van der Waals surface area contributed by atoms with E-state index in [9.17, 15) is 19.2 Å². The fourth-order valence-corrected chi connectivity index (χ4v) is 5.98. The van der Waals surface area contributed by atoms with Gasteiger partial charge in [-0.05, 0) is 43.9 Å². The van der Waals surface area contributed by atoms with Gasteiger partial charge in [0, 0.05) is 46.8 Å². The summed E-state index contributed by atoms with van der Waals surface area (Å²) in [5, 5.41) is 6.62. The number of amides is 4. The second-order valence-corrected chi connectivity index (χ2v) is 10.5. The summed E-state index contributed by atoms with van der Waals surface area (Å²) in [5.74, 6) is -1.25. The van der Waals surface area contributed by atoms with Gasteiger partial charge in [0.25, 0.3) is 0 Å². The maximum atomic E-state index is 13.2. The van der Waals surface area contributed by atoms with Crippen LogP contribution in [0.2, 0.25) is 10.0 Å². The van der Waals surface area contributed by atoms with E-state index in [0.717, 1.165) is 25.7 Å². The molecule has 35 heavy (non-hydrogen) atoms. The van der Waals surface area contributed by atoms with Crippen LogP contribution < -0.4 is 16.4 Å². The zero-order valence-electron chi connectivity index (χ0n) is 19.5. The minimum atomic E-state index is -0.767. The number of piperazine rings is 1. The van der Waals surface area contributed by atoms with Crippen LogP contribution in [0.5, 0.6) is 0 Å². The molecule has 4 amide bonds. The van der Waals surface area contributed by atoms with Crippen molar-refractivity contribution in [3.63, 3.8) is 0 Å². The summed E-state index contributed by atoms with van der Waals surface area (Å²) in [6.07, 6.45) is 4.71. The summed E-state index contributed by atoms with van der Waals surface area (Å²) in [5.41, 5.74) is 5.86. The van der Waals surface area contributed by atoms with Crippen molar-refractivity contribution in [2.24, 2.45) is 11.7 Å². The monoisotopic (exact) mass is 523 g/mol. The molecular weight excluding hydrogens is 493 g/mol. The number of nitrogens with zero attached hydrogens (tertiary/aromatic N) is 2. The van der Waals surface area contributed by atoms with E-state index < -0.39 is 6.04 Å². The van der Waals surface area contributed by atoms with Crippen LogP contribution >= 0.6 is 23.2 Å². The molecule has 0 unspecified atom stereocenters. The summed E-state index contributed by atoms with van der Waals surface area (Å²) < 4.78 is 0. The van der Waals surface area contributed by atoms with Crippen LogP contribution in [0, 0.1) is 5.92 Å². The van der Waals surface area contributed by atoms with Gasteiger partial charge in [-0.1, -0.05) is 36.0 Å². The van der Waals surface area contributed by atoms with Gasteiger partial charge in [-0.3, -0.25) is 24.1 Å². The summed E-state index contributed by atoms with van der Waals surface area (Å²) >= 11 is 12.1. The third-order valence-electron chi connectivity index (χ3n) is 7.28. The van der Waals surface area contributed by atoms with Crippen molar-refractivity contribution in [1.82, 2.24) is 15.1 Å². The lowest BCUT2D eigenvalue weighted by Gasteiger charge is -2.48. The number of anilines is 1. The highest BCUT2D eigenvalue weighted by Crippen LogP contribution is 2.30. The van der Waals surface area contributed by atoms with Gasteiger partial charge in [0.1, 0.15) is 0 Å². The van der Waals surface area contributed by atoms with Crippen LogP contribution in [0.1, 0.15) is 44.9 Å². The number of hydrogen-bond acceptors (Lipinski definition) is 5. The number of rotatable bonds is 6. The quantitative estimate of drug-likeness (QED) is 0.526. The fraction of sp³-hybridized carbons (Fsp3) is 0.583. The lowest BCUT2D eigenvalue weighted by Crippen LogP contribution is -2.68. The van der Waals surface area contributed by atoms with Crippen molar-refractivity contribution in [3.8, 4) is 0 Å². The molecule has 0 aromatic heterocycles. The number of carbonyl (C=O) groups is 4. The summed E-state index contributed by atoms with van der Waals surface area (Å²) in [6.45, 7) is 0.971. The molecule has 3 atom stereocenters. The first-order chi connectivity index (χ1) is 16.7. The molecule has 3 aliphatic rings. The molecule has 1 saturated carbocycles. The average molecular weight is 524 g/mol. The molecule has 0 spiro atoms. The molecule has 0 radical (unpaired) electrons. The topological polar surface area (TPSA) is 125 Å². The number of primary amides is 1. The minimum absolute atomic E-state index is 0.00743. The van der Waals surface area contributed by atoms with Crippen molar-refractivity contribution in [2.45, 2.75) is 63.1 Å². The van der Waals surface area contributed by atoms with Crippen molar-refractivity contribution in [2.75, 3.05) is 25.0 Å². The minimum Gasteiger partial charge on any atom is -0.369 e. The van der Waals surface area contributed by atoms with Gasteiger partial charge in [-0.25, -0.2) is 0 Å². The first kappa shape index (κ1) is 25.7. The maximum absolute atomic E-state index is 13.2. The zero-order chi connectivity index (χ0) is 25.1. The largest absolute Gasteiger partial charge is 0.369 e. The Bertz CT molecular complexity index is 978. The van der Waals surface area contributed by atoms with E-state index in [1.54, 1.807) is 23.1 Å². The normalized spacial score (nSPS) is 25.5. The Hall–Kier alpha value is -2.36. The molecule has 11 heteroatoms. The Morgan fingerprint density at radius 1 is 1.03 bits per heavy atom. The van der Waals surface area contributed by atoms with Gasteiger partial charge in [-0.15, -0.1) is 0 Å². The Balaban J connectivity index is 1.47. The Kier molecular flexibility index (Phi) is 8.19. The predicted octanol–water partition coefficient (Wildman–Crippen LogP) is 2.16. The van der Waals surface area contributed by atoms with Crippen molar-refractivity contribution < 1.29 is 19.2 Å². The molecule has 0 bridgehead atoms. The molecule has 3 fully saturated rings. The van der Waals surface area contributed by atoms with E-state index >= 15 is 0 Å². The third kappa shape index (κ3) is 6.26. The Morgan fingerprint density at radius 2 is 1.69 bits per heavy atom. The van der Waals surface area contributed by atoms with Crippen LogP contribution in [0.3, 0.4) is 0 Å². The molecular formula is C24H31Cl2N5O4. The van der Waals surface area contributed by atoms with E-state index in [2.05, 4.69) is 10.6 Å². The highest BCUT2D eigenvalue weighted by molar-refractivity contribution is 6.35. The molecule has 190 valence electrons. The maximum Gasteiger partial charge on any atom is 0.238 e. The molecule has 1 aromatic rings. The van der Waals surface area contributed by atoms with E-state index in [0.29, 0.717) is 41.7 Å². The Morgan fingerprint density at radius 3 is 2.34 bits per heavy atom. The number of nitrogens with two attached hydrogens (primary N) is 1. The lowest BCUT2D eigenvalue weighted by atomic mass is 9.85. The number of halogens is 2. The molecule has 2 aliphatic heterocycles. The molecule has 2 heterocycles. The van der Waals surface area contributed by atoms with Gasteiger partial charge in [0.2, 0.25) is 23.6 Å². The molecule has 9 nitrogen and oxygen atoms in total. The third-order valence-corrected chi connectivity index (χ3v) is 7.72. The van der Waals surface area contributed by atoms with Crippen molar-refractivity contribution in [1.29, 1.82) is 0 Å². The van der Waals surface area contributed by atoms with Gasteiger partial charge in [-0.2, -0.15) is 0 Å². The number of carbonyl (C=O) groups excluding carboxylic acids is 4. The van der Waals surface area contributed by atoms with Crippen molar-refractivity contribution in [3.05, 3.63) is 28.2 Å². The number of fused-ring (bicyclic) bond motifs is 1. The molecule has 1 aromatic carbocycles. The van der Waals surface area contributed by atoms with Gasteiger partial charge in [0.05, 0.1) is 19.0 Å². The Labute approximate surface area is 214 Å². The van der Waals surface area contributed by atoms with E-state index in [1.165, 1.54) is 0 Å². The van der Waals surface area contributed by atoms with Gasteiger partial charge >= 0.3 is 0 Å². The highest BCUT2D eigenvalue weighted by Gasteiger charge is 2.44. The number of piperidine rings is 1. The second kappa shape index (κ2) is 11.1. The number of nitrogens with one attached hydrogen (secondary N) is 2. The number of benzene rings is 1. The summed E-state index contributed by atoms with van der Waals surface area (Å²) in [6, 6.07) is 3.93. The summed E-state index contributed by atoms with van der Waals surface area (Å²) in [4.78, 5) is 54.3. The molecule has 2 saturated heterocycles. The average Bonchev–Trinajstić information content (AvgIpc) is 2.80. The van der Waals surface area contributed by atoms with E-state index in [4.69, 9.17) is 28.9 Å². The van der Waals surface area contributed by atoms with Gasteiger partial charge in [0.15, 0.2) is 0 Å². The predicted molar refractivity (Wildman–Crippen MR) is 133 cm³/mol. The van der Waals surface area contributed by atoms with Crippen LogP contribution in [-0.4, -0.2) is 71.2 Å². The lowest BCUT2D eigenvalue weighted by molar-refractivity contribution is -0.145. The fourth-order valence-electron chi connectivity index (χ4n) is 5.46. The smallest absolute Gasteiger partial charge is 0.238 e. The molecule has 1 aliphatic carbocycles.